The number of carbonyl (C=O) groups excluding carboxylic acids is 2. The van der Waals surface area contributed by atoms with Crippen LogP contribution >= 0.6 is 0 Å². The highest BCUT2D eigenvalue weighted by atomic mass is 16.5. The number of carbonyl (C=O) groups is 3. The minimum Gasteiger partial charge on any atom is -0.481 e. The number of nitrogens with one attached hydrogen (secondary N) is 1. The smallest absolute Gasteiger partial charge is 0.407 e. The van der Waals surface area contributed by atoms with Crippen LogP contribution in [-0.4, -0.2) is 53.7 Å². The first-order valence-electron chi connectivity index (χ1n) is 11.4. The lowest BCUT2D eigenvalue weighted by molar-refractivity contribution is -0.143. The fraction of sp³-hybridized carbons (Fsp3) is 0.423. The number of ether oxygens (including phenoxy) is 1. The van der Waals surface area contributed by atoms with Gasteiger partial charge in [-0.05, 0) is 40.5 Å². The predicted octanol–water partition coefficient (Wildman–Crippen LogP) is 4.02. The fourth-order valence-electron chi connectivity index (χ4n) is 4.99. The lowest BCUT2D eigenvalue weighted by Gasteiger charge is -2.39. The number of carboxylic acids is 1. The molecule has 2 aliphatic rings. The lowest BCUT2D eigenvalue weighted by Crippen LogP contribution is -2.53. The topological polar surface area (TPSA) is 95.9 Å². The first-order valence-corrected chi connectivity index (χ1v) is 11.4. The van der Waals surface area contributed by atoms with Crippen molar-refractivity contribution < 1.29 is 24.2 Å². The molecule has 2 aromatic rings. The fourth-order valence-corrected chi connectivity index (χ4v) is 4.99. The van der Waals surface area contributed by atoms with E-state index in [2.05, 4.69) is 31.3 Å². The van der Waals surface area contributed by atoms with Crippen LogP contribution in [0.2, 0.25) is 0 Å². The van der Waals surface area contributed by atoms with E-state index in [4.69, 9.17) is 4.74 Å². The molecule has 0 radical (unpaired) electrons. The zero-order valence-corrected chi connectivity index (χ0v) is 19.0. The Balaban J connectivity index is 1.43. The molecule has 2 amide bonds. The van der Waals surface area contributed by atoms with Gasteiger partial charge in [0.05, 0.1) is 6.42 Å². The molecule has 7 heteroatoms. The second kappa shape index (κ2) is 9.25. The highest BCUT2D eigenvalue weighted by Gasteiger charge is 2.35. The van der Waals surface area contributed by atoms with E-state index in [1.807, 2.05) is 36.4 Å². The quantitative estimate of drug-likeness (QED) is 0.693. The molecule has 7 nitrogen and oxygen atoms in total. The molecule has 1 unspecified atom stereocenters. The van der Waals surface area contributed by atoms with Crippen molar-refractivity contribution in [1.29, 1.82) is 0 Å². The van der Waals surface area contributed by atoms with Crippen molar-refractivity contribution in [3.63, 3.8) is 0 Å². The van der Waals surface area contributed by atoms with Gasteiger partial charge in [0.2, 0.25) is 5.91 Å². The Morgan fingerprint density at radius 3 is 2.27 bits per heavy atom. The van der Waals surface area contributed by atoms with E-state index in [1.54, 1.807) is 4.90 Å². The van der Waals surface area contributed by atoms with E-state index in [0.717, 1.165) is 35.1 Å². The van der Waals surface area contributed by atoms with Crippen LogP contribution in [-0.2, 0) is 14.3 Å². The van der Waals surface area contributed by atoms with Gasteiger partial charge in [-0.2, -0.15) is 0 Å². The number of piperidine rings is 1. The number of likely N-dealkylation sites (tertiary alicyclic amines) is 1. The maximum atomic E-state index is 13.0. The number of hydrogen-bond acceptors (Lipinski definition) is 4. The van der Waals surface area contributed by atoms with E-state index >= 15 is 0 Å². The molecule has 1 atom stereocenters. The van der Waals surface area contributed by atoms with Crippen LogP contribution in [0.25, 0.3) is 11.1 Å². The number of fused-ring (bicyclic) bond motifs is 3. The van der Waals surface area contributed by atoms with Gasteiger partial charge in [-0.1, -0.05) is 62.4 Å². The summed E-state index contributed by atoms with van der Waals surface area (Å²) in [5, 5.41) is 11.8. The Labute approximate surface area is 193 Å². The molecule has 1 heterocycles. The van der Waals surface area contributed by atoms with Crippen LogP contribution in [0.5, 0.6) is 0 Å². The van der Waals surface area contributed by atoms with Gasteiger partial charge in [-0.15, -0.1) is 0 Å². The van der Waals surface area contributed by atoms with E-state index in [1.165, 1.54) is 0 Å². The molecule has 2 N–H and O–H groups in total. The maximum Gasteiger partial charge on any atom is 0.407 e. The van der Waals surface area contributed by atoms with Crippen molar-refractivity contribution in [3.8, 4) is 11.1 Å². The Morgan fingerprint density at radius 1 is 1.09 bits per heavy atom. The van der Waals surface area contributed by atoms with Crippen LogP contribution in [0.1, 0.15) is 50.2 Å². The number of rotatable bonds is 6. The third-order valence-electron chi connectivity index (χ3n) is 6.52. The number of aliphatic carboxylic acids is 1. The highest BCUT2D eigenvalue weighted by Crippen LogP contribution is 2.44. The van der Waals surface area contributed by atoms with Gasteiger partial charge in [0.15, 0.2) is 0 Å². The van der Waals surface area contributed by atoms with Gasteiger partial charge in [-0.25, -0.2) is 4.79 Å². The standard InChI is InChI=1S/C26H30N2O5/c1-26(2)12-7-13-28(16-26)24(31)22(14-23(29)30)27-25(32)33-15-21-19-10-5-3-8-17(19)18-9-4-6-11-20(18)21/h3-6,8-11,21-22H,7,12-16H2,1-2H3,(H,27,32)(H,29,30). The summed E-state index contributed by atoms with van der Waals surface area (Å²) in [6, 6.07) is 14.9. The summed E-state index contributed by atoms with van der Waals surface area (Å²) in [5.41, 5.74) is 4.37. The molecule has 2 aromatic carbocycles. The summed E-state index contributed by atoms with van der Waals surface area (Å²) in [5.74, 6) is -1.64. The zero-order chi connectivity index (χ0) is 23.6. The average Bonchev–Trinajstić information content (AvgIpc) is 3.09. The van der Waals surface area contributed by atoms with Gasteiger partial charge in [0, 0.05) is 19.0 Å². The summed E-state index contributed by atoms with van der Waals surface area (Å²) in [7, 11) is 0. The first-order chi connectivity index (χ1) is 15.7. The minimum atomic E-state index is -1.16. The first kappa shape index (κ1) is 22.8. The van der Waals surface area contributed by atoms with Gasteiger partial charge >= 0.3 is 12.1 Å². The number of benzene rings is 2. The van der Waals surface area contributed by atoms with Crippen LogP contribution < -0.4 is 5.32 Å². The zero-order valence-electron chi connectivity index (χ0n) is 19.0. The number of hydrogen-bond donors (Lipinski definition) is 2. The summed E-state index contributed by atoms with van der Waals surface area (Å²) in [6.45, 7) is 5.36. The predicted molar refractivity (Wildman–Crippen MR) is 124 cm³/mol. The summed E-state index contributed by atoms with van der Waals surface area (Å²) in [6.07, 6.45) is 0.580. The molecule has 0 spiro atoms. The Kier molecular flexibility index (Phi) is 6.40. The monoisotopic (exact) mass is 450 g/mol. The molecule has 0 bridgehead atoms. The van der Waals surface area contributed by atoms with Crippen LogP contribution in [0.3, 0.4) is 0 Å². The molecule has 4 rings (SSSR count). The number of amides is 2. The average molecular weight is 451 g/mol. The van der Waals surface area contributed by atoms with Crippen molar-refractivity contribution in [1.82, 2.24) is 10.2 Å². The Bertz CT molecular complexity index is 1020. The van der Waals surface area contributed by atoms with Gasteiger partial charge < -0.3 is 20.1 Å². The molecule has 174 valence electrons. The van der Waals surface area contributed by atoms with Crippen LogP contribution in [0, 0.1) is 5.41 Å². The van der Waals surface area contributed by atoms with Crippen molar-refractivity contribution in [2.24, 2.45) is 5.41 Å². The second-order valence-electron chi connectivity index (χ2n) is 9.65. The Morgan fingerprint density at radius 2 is 1.70 bits per heavy atom. The third-order valence-corrected chi connectivity index (χ3v) is 6.52. The lowest BCUT2D eigenvalue weighted by atomic mass is 9.84. The number of alkyl carbamates (subject to hydrolysis) is 1. The van der Waals surface area contributed by atoms with E-state index < -0.39 is 24.5 Å². The highest BCUT2D eigenvalue weighted by molar-refractivity contribution is 5.89. The van der Waals surface area contributed by atoms with E-state index in [9.17, 15) is 19.5 Å². The number of carboxylic acid groups (broad SMARTS) is 1. The molecular weight excluding hydrogens is 420 g/mol. The molecular formula is C26H30N2O5. The third kappa shape index (κ3) is 5.02. The molecule has 1 aliphatic carbocycles. The van der Waals surface area contributed by atoms with Crippen LogP contribution in [0.4, 0.5) is 4.79 Å². The van der Waals surface area contributed by atoms with E-state index in [0.29, 0.717) is 13.1 Å². The van der Waals surface area contributed by atoms with E-state index in [-0.39, 0.29) is 23.8 Å². The van der Waals surface area contributed by atoms with Crippen molar-refractivity contribution in [3.05, 3.63) is 59.7 Å². The van der Waals surface area contributed by atoms with Crippen molar-refractivity contribution in [2.75, 3.05) is 19.7 Å². The van der Waals surface area contributed by atoms with Gasteiger partial charge in [0.25, 0.3) is 0 Å². The van der Waals surface area contributed by atoms with Crippen LogP contribution in [0.15, 0.2) is 48.5 Å². The molecule has 33 heavy (non-hydrogen) atoms. The summed E-state index contributed by atoms with van der Waals surface area (Å²) >= 11 is 0. The molecule has 1 fully saturated rings. The van der Waals surface area contributed by atoms with Crippen molar-refractivity contribution in [2.45, 2.75) is 45.1 Å². The van der Waals surface area contributed by atoms with Gasteiger partial charge in [0.1, 0.15) is 12.6 Å². The summed E-state index contributed by atoms with van der Waals surface area (Å²) < 4.78 is 5.52. The SMILES string of the molecule is CC1(C)CCCN(C(=O)C(CC(=O)O)NC(=O)OCC2c3ccccc3-c3ccccc32)C1. The summed E-state index contributed by atoms with van der Waals surface area (Å²) in [4.78, 5) is 38.7. The largest absolute Gasteiger partial charge is 0.481 e. The molecule has 0 aromatic heterocycles. The normalized spacial score (nSPS) is 17.6. The maximum absolute atomic E-state index is 13.0. The van der Waals surface area contributed by atoms with Crippen molar-refractivity contribution >= 4 is 18.0 Å². The van der Waals surface area contributed by atoms with Gasteiger partial charge in [-0.3, -0.25) is 9.59 Å². The molecule has 1 aliphatic heterocycles. The number of nitrogens with zero attached hydrogens (tertiary/aromatic N) is 1. The minimum absolute atomic E-state index is 0.0363. The Hall–Kier alpha value is -3.35. The second-order valence-corrected chi connectivity index (χ2v) is 9.65. The molecule has 0 saturated carbocycles. The molecule has 1 saturated heterocycles.